The molecule has 1 heterocycles. The van der Waals surface area contributed by atoms with Gasteiger partial charge >= 0.3 is 0 Å². The third-order valence-electron chi connectivity index (χ3n) is 2.27. The van der Waals surface area contributed by atoms with Gasteiger partial charge in [0.1, 0.15) is 0 Å². The van der Waals surface area contributed by atoms with Crippen LogP contribution >= 0.6 is 15.9 Å². The van der Waals surface area contributed by atoms with Crippen LogP contribution in [-0.4, -0.2) is 47.8 Å². The fraction of sp³-hybridized carbons (Fsp3) is 0.636. The van der Waals surface area contributed by atoms with E-state index in [1.54, 1.807) is 10.9 Å². The summed E-state index contributed by atoms with van der Waals surface area (Å²) < 4.78 is 2.69. The monoisotopic (exact) mass is 302 g/mol. The van der Waals surface area contributed by atoms with Crippen LogP contribution in [0.4, 0.5) is 0 Å². The van der Waals surface area contributed by atoms with Crippen LogP contribution in [0, 0.1) is 0 Å². The van der Waals surface area contributed by atoms with Crippen molar-refractivity contribution >= 4 is 21.8 Å². The van der Waals surface area contributed by atoms with Crippen molar-refractivity contribution in [2.24, 2.45) is 0 Å². The summed E-state index contributed by atoms with van der Waals surface area (Å²) in [6.07, 6.45) is 5.02. The molecule has 0 fully saturated rings. The smallest absolute Gasteiger partial charge is 0.221 e. The van der Waals surface area contributed by atoms with Gasteiger partial charge in [0.15, 0.2) is 0 Å². The number of nitrogens with one attached hydrogen (secondary N) is 1. The van der Waals surface area contributed by atoms with Crippen molar-refractivity contribution in [1.82, 2.24) is 20.0 Å². The van der Waals surface area contributed by atoms with Crippen molar-refractivity contribution in [2.75, 3.05) is 27.2 Å². The molecule has 0 radical (unpaired) electrons. The third kappa shape index (κ3) is 6.43. The van der Waals surface area contributed by atoms with Gasteiger partial charge in [-0.3, -0.25) is 9.48 Å². The second kappa shape index (κ2) is 7.45. The molecule has 0 aromatic carbocycles. The van der Waals surface area contributed by atoms with E-state index in [1.165, 1.54) is 0 Å². The number of rotatable bonds is 7. The zero-order valence-corrected chi connectivity index (χ0v) is 11.9. The van der Waals surface area contributed by atoms with E-state index in [1.807, 2.05) is 20.3 Å². The van der Waals surface area contributed by atoms with E-state index in [-0.39, 0.29) is 5.91 Å². The molecule has 0 aliphatic rings. The van der Waals surface area contributed by atoms with E-state index < -0.39 is 0 Å². The summed E-state index contributed by atoms with van der Waals surface area (Å²) in [5.74, 6) is 0.0791. The Hall–Kier alpha value is -0.880. The Balaban J connectivity index is 2.09. The van der Waals surface area contributed by atoms with Gasteiger partial charge < -0.3 is 10.2 Å². The minimum absolute atomic E-state index is 0.0791. The lowest BCUT2D eigenvalue weighted by molar-refractivity contribution is -0.121. The number of aryl methyl sites for hydroxylation is 1. The summed E-state index contributed by atoms with van der Waals surface area (Å²) in [6, 6.07) is 0. The molecule has 0 unspecified atom stereocenters. The second-order valence-electron chi connectivity index (χ2n) is 4.18. The Morgan fingerprint density at radius 1 is 1.59 bits per heavy atom. The predicted molar refractivity (Wildman–Crippen MR) is 70.7 cm³/mol. The molecule has 5 nitrogen and oxygen atoms in total. The number of hydrogen-bond acceptors (Lipinski definition) is 3. The van der Waals surface area contributed by atoms with Crippen molar-refractivity contribution in [3.8, 4) is 0 Å². The van der Waals surface area contributed by atoms with Crippen LogP contribution in [0.3, 0.4) is 0 Å². The number of carbonyl (C=O) groups excluding carboxylic acids is 1. The minimum atomic E-state index is 0.0791. The van der Waals surface area contributed by atoms with Crippen LogP contribution in [0.25, 0.3) is 0 Å². The summed E-state index contributed by atoms with van der Waals surface area (Å²) in [5, 5.41) is 6.99. The number of carbonyl (C=O) groups is 1. The highest BCUT2D eigenvalue weighted by molar-refractivity contribution is 9.10. The van der Waals surface area contributed by atoms with Gasteiger partial charge in [0.05, 0.1) is 10.7 Å². The molecular formula is C11H19BrN4O. The molecule has 6 heteroatoms. The van der Waals surface area contributed by atoms with E-state index in [0.29, 0.717) is 13.0 Å². The van der Waals surface area contributed by atoms with Crippen molar-refractivity contribution in [3.05, 3.63) is 16.9 Å². The van der Waals surface area contributed by atoms with E-state index in [4.69, 9.17) is 0 Å². The first-order chi connectivity index (χ1) is 8.08. The summed E-state index contributed by atoms with van der Waals surface area (Å²) in [6.45, 7) is 2.34. The maximum atomic E-state index is 11.5. The van der Waals surface area contributed by atoms with Gasteiger partial charge in [-0.15, -0.1) is 0 Å². The van der Waals surface area contributed by atoms with Crippen LogP contribution in [0.15, 0.2) is 16.9 Å². The molecule has 1 aromatic heterocycles. The third-order valence-corrected chi connectivity index (χ3v) is 2.68. The summed E-state index contributed by atoms with van der Waals surface area (Å²) in [4.78, 5) is 13.6. The molecule has 1 aromatic rings. The number of halogens is 1. The highest BCUT2D eigenvalue weighted by Gasteiger charge is 2.02. The van der Waals surface area contributed by atoms with E-state index in [0.717, 1.165) is 24.0 Å². The Bertz CT molecular complexity index is 351. The van der Waals surface area contributed by atoms with Crippen molar-refractivity contribution in [1.29, 1.82) is 0 Å². The lowest BCUT2D eigenvalue weighted by Crippen LogP contribution is -2.27. The Kier molecular flexibility index (Phi) is 6.21. The average molecular weight is 303 g/mol. The number of nitrogens with zero attached hydrogens (tertiary/aromatic N) is 3. The van der Waals surface area contributed by atoms with E-state index in [9.17, 15) is 4.79 Å². The molecule has 0 saturated heterocycles. The van der Waals surface area contributed by atoms with Gasteiger partial charge in [0.2, 0.25) is 5.91 Å². The van der Waals surface area contributed by atoms with Crippen LogP contribution in [0.5, 0.6) is 0 Å². The Morgan fingerprint density at radius 2 is 2.35 bits per heavy atom. The first-order valence-corrected chi connectivity index (χ1v) is 6.46. The number of amides is 1. The van der Waals surface area contributed by atoms with Crippen molar-refractivity contribution in [3.63, 3.8) is 0 Å². The Morgan fingerprint density at radius 3 is 2.94 bits per heavy atom. The average Bonchev–Trinajstić information content (AvgIpc) is 2.67. The molecule has 17 heavy (non-hydrogen) atoms. The molecule has 0 bridgehead atoms. The van der Waals surface area contributed by atoms with E-state index in [2.05, 4.69) is 31.2 Å². The first kappa shape index (κ1) is 14.2. The molecule has 0 aliphatic heterocycles. The Labute approximate surface area is 110 Å². The highest BCUT2D eigenvalue weighted by atomic mass is 79.9. The fourth-order valence-electron chi connectivity index (χ4n) is 1.39. The van der Waals surface area contributed by atoms with Gasteiger partial charge in [-0.1, -0.05) is 0 Å². The SMILES string of the molecule is CN(C)CCCNC(=O)CCn1cc(Br)cn1. The standard InChI is InChI=1S/C11H19BrN4O/c1-15(2)6-3-5-13-11(17)4-7-16-9-10(12)8-14-16/h8-9H,3-7H2,1-2H3,(H,13,17). The lowest BCUT2D eigenvalue weighted by Gasteiger charge is -2.09. The van der Waals surface area contributed by atoms with Gasteiger partial charge in [0.25, 0.3) is 0 Å². The minimum Gasteiger partial charge on any atom is -0.356 e. The molecule has 0 saturated carbocycles. The molecule has 1 amide bonds. The largest absolute Gasteiger partial charge is 0.356 e. The zero-order chi connectivity index (χ0) is 12.7. The highest BCUT2D eigenvalue weighted by Crippen LogP contribution is 2.06. The quantitative estimate of drug-likeness (QED) is 0.768. The van der Waals surface area contributed by atoms with Crippen molar-refractivity contribution < 1.29 is 4.79 Å². The number of hydrogen-bond donors (Lipinski definition) is 1. The van der Waals surface area contributed by atoms with Gasteiger partial charge in [-0.05, 0) is 43.0 Å². The molecular weight excluding hydrogens is 284 g/mol. The summed E-state index contributed by atoms with van der Waals surface area (Å²) in [5.41, 5.74) is 0. The lowest BCUT2D eigenvalue weighted by atomic mass is 10.3. The fourth-order valence-corrected chi connectivity index (χ4v) is 1.72. The summed E-state index contributed by atoms with van der Waals surface area (Å²) in [7, 11) is 4.05. The van der Waals surface area contributed by atoms with Crippen LogP contribution in [0.2, 0.25) is 0 Å². The van der Waals surface area contributed by atoms with Gasteiger partial charge in [0, 0.05) is 25.7 Å². The maximum Gasteiger partial charge on any atom is 0.221 e. The van der Waals surface area contributed by atoms with Gasteiger partial charge in [-0.25, -0.2) is 0 Å². The normalized spacial score (nSPS) is 10.8. The molecule has 1 rings (SSSR count). The topological polar surface area (TPSA) is 50.2 Å². The molecule has 96 valence electrons. The van der Waals surface area contributed by atoms with Crippen LogP contribution < -0.4 is 5.32 Å². The second-order valence-corrected chi connectivity index (χ2v) is 5.09. The van der Waals surface area contributed by atoms with Gasteiger partial charge in [-0.2, -0.15) is 5.10 Å². The zero-order valence-electron chi connectivity index (χ0n) is 10.3. The molecule has 0 spiro atoms. The maximum absolute atomic E-state index is 11.5. The predicted octanol–water partition coefficient (Wildman–Crippen LogP) is 1.10. The summed E-state index contributed by atoms with van der Waals surface area (Å²) >= 11 is 3.32. The molecule has 0 atom stereocenters. The van der Waals surface area contributed by atoms with E-state index >= 15 is 0 Å². The van der Waals surface area contributed by atoms with Crippen LogP contribution in [-0.2, 0) is 11.3 Å². The molecule has 1 N–H and O–H groups in total. The first-order valence-electron chi connectivity index (χ1n) is 5.67. The number of aromatic nitrogens is 2. The van der Waals surface area contributed by atoms with Crippen LogP contribution in [0.1, 0.15) is 12.8 Å². The van der Waals surface area contributed by atoms with Crippen molar-refractivity contribution in [2.45, 2.75) is 19.4 Å². The molecule has 0 aliphatic carbocycles.